The van der Waals surface area contributed by atoms with E-state index >= 15 is 0 Å². The lowest BCUT2D eigenvalue weighted by atomic mass is 10.2. The van der Waals surface area contributed by atoms with Gasteiger partial charge in [-0.25, -0.2) is 19.5 Å². The van der Waals surface area contributed by atoms with Crippen LogP contribution in [-0.2, 0) is 13.8 Å². The van der Waals surface area contributed by atoms with Gasteiger partial charge in [0.25, 0.3) is 0 Å². The molecule has 11 heteroatoms. The van der Waals surface area contributed by atoms with Gasteiger partial charge in [-0.15, -0.1) is 4.20 Å². The van der Waals surface area contributed by atoms with Gasteiger partial charge in [0.15, 0.2) is 11.5 Å². The monoisotopic (exact) mass is 317 g/mol. The molecule has 1 unspecified atom stereocenters. The summed E-state index contributed by atoms with van der Waals surface area (Å²) in [5.41, 5.74) is 6.71. The van der Waals surface area contributed by atoms with Crippen molar-refractivity contribution in [2.24, 2.45) is 0 Å². The number of nitrogen functional groups attached to an aromatic ring is 1. The van der Waals surface area contributed by atoms with E-state index in [1.807, 2.05) is 0 Å². The fraction of sp³-hybridized carbons (Fsp3) is 0.500. The first kappa shape index (κ1) is 14.3. The smallest absolute Gasteiger partial charge is 0.382 e. The van der Waals surface area contributed by atoms with Gasteiger partial charge >= 0.3 is 7.91 Å². The molecule has 0 radical (unpaired) electrons. The van der Waals surface area contributed by atoms with Crippen LogP contribution in [0.15, 0.2) is 12.7 Å². The number of ether oxygens (including phenoxy) is 1. The minimum Gasteiger partial charge on any atom is -0.382 e. The Morgan fingerprint density at radius 1 is 1.52 bits per heavy atom. The molecule has 0 saturated carbocycles. The van der Waals surface area contributed by atoms with E-state index < -0.39 is 14.0 Å². The van der Waals surface area contributed by atoms with E-state index in [9.17, 15) is 8.76 Å². The Bertz CT molecular complexity index is 704. The lowest BCUT2D eigenvalue weighted by Gasteiger charge is -2.15. The maximum Gasteiger partial charge on any atom is 0.510 e. The fourth-order valence-electron chi connectivity index (χ4n) is 2.27. The van der Waals surface area contributed by atoms with Crippen LogP contribution in [0.2, 0.25) is 0 Å². The van der Waals surface area contributed by atoms with Crippen LogP contribution in [-0.4, -0.2) is 37.1 Å². The summed E-state index contributed by atoms with van der Waals surface area (Å²) in [6.45, 7) is -0.287. The number of nitrogens with zero attached hydrogens (tertiary/aromatic N) is 4. The molecule has 9 nitrogen and oxygen atoms in total. The number of fused-ring (bicyclic) bond motifs is 1. The third-order valence-corrected chi connectivity index (χ3v) is 3.67. The maximum absolute atomic E-state index is 12.5. The molecule has 3 atom stereocenters. The number of nitrogens with two attached hydrogens (primary N) is 1. The largest absolute Gasteiger partial charge is 0.510 e. The molecule has 3 N–H and O–H groups in total. The molecule has 0 aliphatic carbocycles. The minimum absolute atomic E-state index is 0.273. The zero-order valence-electron chi connectivity index (χ0n) is 10.8. The lowest BCUT2D eigenvalue weighted by molar-refractivity contribution is -0.0191. The summed E-state index contributed by atoms with van der Waals surface area (Å²) in [6, 6.07) is 0. The molecular formula is C10H13FN5O4P. The van der Waals surface area contributed by atoms with Crippen LogP contribution in [0.5, 0.6) is 0 Å². The number of rotatable bonds is 4. The molecule has 0 amide bonds. The van der Waals surface area contributed by atoms with Crippen molar-refractivity contribution in [3.8, 4) is 0 Å². The molecule has 0 spiro atoms. The van der Waals surface area contributed by atoms with Gasteiger partial charge in [-0.3, -0.25) is 14.0 Å². The average Bonchev–Trinajstić information content (AvgIpc) is 3.02. The van der Waals surface area contributed by atoms with Gasteiger partial charge in [0.2, 0.25) is 0 Å². The normalized spacial score (nSPS) is 25.2. The van der Waals surface area contributed by atoms with Crippen molar-refractivity contribution in [1.82, 2.24) is 19.5 Å². The summed E-state index contributed by atoms with van der Waals surface area (Å²) in [4.78, 5) is 20.6. The Morgan fingerprint density at radius 3 is 3.10 bits per heavy atom. The molecule has 114 valence electrons. The predicted octanol–water partition coefficient (Wildman–Crippen LogP) is 1.17. The Kier molecular flexibility index (Phi) is 3.62. The van der Waals surface area contributed by atoms with E-state index in [2.05, 4.69) is 19.5 Å². The highest BCUT2D eigenvalue weighted by molar-refractivity contribution is 7.46. The van der Waals surface area contributed by atoms with Crippen molar-refractivity contribution in [2.75, 3.05) is 12.3 Å². The van der Waals surface area contributed by atoms with E-state index in [0.29, 0.717) is 24.0 Å². The molecule has 1 fully saturated rings. The molecule has 1 aliphatic heterocycles. The van der Waals surface area contributed by atoms with E-state index in [1.165, 1.54) is 12.7 Å². The van der Waals surface area contributed by atoms with Crippen molar-refractivity contribution >= 4 is 24.9 Å². The summed E-state index contributed by atoms with van der Waals surface area (Å²) < 4.78 is 34.5. The highest BCUT2D eigenvalue weighted by Crippen LogP contribution is 2.44. The Morgan fingerprint density at radius 2 is 2.33 bits per heavy atom. The molecule has 21 heavy (non-hydrogen) atoms. The number of halogens is 1. The van der Waals surface area contributed by atoms with Gasteiger partial charge in [0.05, 0.1) is 19.0 Å². The van der Waals surface area contributed by atoms with Gasteiger partial charge < -0.3 is 10.5 Å². The van der Waals surface area contributed by atoms with E-state index in [1.54, 1.807) is 4.57 Å². The van der Waals surface area contributed by atoms with Crippen molar-refractivity contribution in [3.05, 3.63) is 12.7 Å². The molecule has 3 heterocycles. The quantitative estimate of drug-likeness (QED) is 0.805. The zero-order valence-corrected chi connectivity index (χ0v) is 11.7. The fourth-order valence-corrected chi connectivity index (χ4v) is 2.62. The van der Waals surface area contributed by atoms with Crippen LogP contribution in [0.4, 0.5) is 10.0 Å². The molecule has 0 aromatic carbocycles. The van der Waals surface area contributed by atoms with Crippen molar-refractivity contribution in [3.63, 3.8) is 0 Å². The van der Waals surface area contributed by atoms with Crippen LogP contribution in [0.3, 0.4) is 0 Å². The summed E-state index contributed by atoms with van der Waals surface area (Å²) in [6.07, 6.45) is 3.21. The van der Waals surface area contributed by atoms with Crippen LogP contribution >= 0.6 is 7.91 Å². The Hall–Kier alpha value is -1.61. The highest BCUT2D eigenvalue weighted by atomic mass is 31.2. The second-order valence-corrected chi connectivity index (χ2v) is 5.78. The summed E-state index contributed by atoms with van der Waals surface area (Å²) in [5, 5.41) is 0. The van der Waals surface area contributed by atoms with Crippen molar-refractivity contribution < 1.29 is 22.9 Å². The Balaban J connectivity index is 1.73. The van der Waals surface area contributed by atoms with Gasteiger partial charge in [0.1, 0.15) is 18.1 Å². The number of hydrogen-bond acceptors (Lipinski definition) is 7. The molecule has 2 aromatic heterocycles. The molecule has 0 bridgehead atoms. The second kappa shape index (κ2) is 5.30. The topological polar surface area (TPSA) is 125 Å². The standard InChI is InChI=1S/C10H13FN5O4P/c11-21(17,18)19-3-6-1-2-7(20-6)16-5-15-8-9(12)13-4-14-10(8)16/h4-7H,1-3H2,(H,17,18)(H2,12,13,14)/t6-,7+/m0/s1. The summed E-state index contributed by atoms with van der Waals surface area (Å²) >= 11 is 0. The van der Waals surface area contributed by atoms with Gasteiger partial charge in [-0.05, 0) is 12.8 Å². The second-order valence-electron chi connectivity index (χ2n) is 4.62. The molecule has 1 aliphatic rings. The van der Waals surface area contributed by atoms with E-state index in [4.69, 9.17) is 15.4 Å². The maximum atomic E-state index is 12.5. The Labute approximate surface area is 118 Å². The van der Waals surface area contributed by atoms with Crippen LogP contribution < -0.4 is 5.73 Å². The van der Waals surface area contributed by atoms with E-state index in [0.717, 1.165) is 0 Å². The lowest BCUT2D eigenvalue weighted by Crippen LogP contribution is -2.15. The molecule has 2 aromatic rings. The van der Waals surface area contributed by atoms with Gasteiger partial charge in [0, 0.05) is 0 Å². The van der Waals surface area contributed by atoms with Crippen LogP contribution in [0.1, 0.15) is 19.1 Å². The number of anilines is 1. The minimum atomic E-state index is -4.98. The van der Waals surface area contributed by atoms with Gasteiger partial charge in [-0.1, -0.05) is 0 Å². The first-order valence-electron chi connectivity index (χ1n) is 6.19. The first-order chi connectivity index (χ1) is 9.94. The third-order valence-electron chi connectivity index (χ3n) is 3.20. The summed E-state index contributed by atoms with van der Waals surface area (Å²) in [5.74, 6) is 0.273. The first-order valence-corrected chi connectivity index (χ1v) is 7.66. The highest BCUT2D eigenvalue weighted by Gasteiger charge is 2.30. The number of aromatic nitrogens is 4. The molecule has 1 saturated heterocycles. The average molecular weight is 317 g/mol. The van der Waals surface area contributed by atoms with Gasteiger partial charge in [-0.2, -0.15) is 0 Å². The summed E-state index contributed by atoms with van der Waals surface area (Å²) in [7, 11) is -4.98. The van der Waals surface area contributed by atoms with Crippen LogP contribution in [0, 0.1) is 0 Å². The van der Waals surface area contributed by atoms with Crippen LogP contribution in [0.25, 0.3) is 11.2 Å². The third kappa shape index (κ3) is 3.03. The van der Waals surface area contributed by atoms with Crippen molar-refractivity contribution in [1.29, 1.82) is 0 Å². The van der Waals surface area contributed by atoms with Crippen molar-refractivity contribution in [2.45, 2.75) is 25.2 Å². The molecular weight excluding hydrogens is 304 g/mol. The van der Waals surface area contributed by atoms with E-state index in [-0.39, 0.29) is 18.7 Å². The SMILES string of the molecule is Nc1ncnc2c1ncn2[C@H]1CC[C@@H](COP(=O)(O)F)O1. The molecule has 3 rings (SSSR count). The zero-order chi connectivity index (χ0) is 15.0. The predicted molar refractivity (Wildman–Crippen MR) is 69.8 cm³/mol. The number of hydrogen-bond donors (Lipinski definition) is 2. The number of imidazole rings is 1.